The van der Waals surface area contributed by atoms with Crippen molar-refractivity contribution in [2.75, 3.05) is 19.0 Å². The number of hydrogen-bond donors (Lipinski definition) is 5. The van der Waals surface area contributed by atoms with Crippen molar-refractivity contribution in [1.29, 1.82) is 0 Å². The number of pyridine rings is 1. The van der Waals surface area contributed by atoms with Crippen LogP contribution in [-0.2, 0) is 32.0 Å². The van der Waals surface area contributed by atoms with Crippen LogP contribution in [0, 0.1) is 0 Å². The minimum atomic E-state index is -2.78. The molecular formula is C30H33ClN6O9. The number of ether oxygens (including phenoxy) is 2. The number of nitrogens with one attached hydrogen (secondary N) is 1. The van der Waals surface area contributed by atoms with E-state index in [0.29, 0.717) is 34.6 Å². The highest BCUT2D eigenvalue weighted by Gasteiger charge is 2.56. The molecule has 0 amide bonds. The van der Waals surface area contributed by atoms with Gasteiger partial charge in [-0.25, -0.2) is 14.6 Å². The third kappa shape index (κ3) is 5.83. The summed E-state index contributed by atoms with van der Waals surface area (Å²) >= 11 is 6.05. The molecule has 1 saturated heterocycles. The molecule has 0 unspecified atom stereocenters. The predicted octanol–water partition coefficient (Wildman–Crippen LogP) is 1.94. The number of carboxylic acids is 2. The van der Waals surface area contributed by atoms with Gasteiger partial charge in [0.25, 0.3) is 11.2 Å². The molecule has 0 bridgehead atoms. The molecule has 0 aliphatic carbocycles. The molecule has 5 N–H and O–H groups in total. The number of hydrogen-bond acceptors (Lipinski definition) is 11. The van der Waals surface area contributed by atoms with Crippen LogP contribution in [-0.4, -0.2) is 93.5 Å². The number of imidazole rings is 1. The maximum absolute atomic E-state index is 12.9. The Kier molecular flexibility index (Phi) is 9.15. The third-order valence-electron chi connectivity index (χ3n) is 8.10. The number of nitrogens with zero attached hydrogens (tertiary/aromatic N) is 5. The van der Waals surface area contributed by atoms with E-state index in [1.165, 1.54) is 30.0 Å². The van der Waals surface area contributed by atoms with Crippen LogP contribution in [0.1, 0.15) is 32.1 Å². The monoisotopic (exact) mass is 656 g/mol. The Hall–Kier alpha value is -4.41. The molecular weight excluding hydrogens is 624 g/mol. The van der Waals surface area contributed by atoms with E-state index in [0.717, 1.165) is 6.42 Å². The summed E-state index contributed by atoms with van der Waals surface area (Å²) in [5.74, 6) is -3.25. The average Bonchev–Trinajstić information content (AvgIpc) is 3.53. The highest BCUT2D eigenvalue weighted by Crippen LogP contribution is 2.39. The van der Waals surface area contributed by atoms with Gasteiger partial charge in [0.15, 0.2) is 23.2 Å². The molecule has 1 aliphatic heterocycles. The molecule has 46 heavy (non-hydrogen) atoms. The first kappa shape index (κ1) is 33.0. The first-order valence-corrected chi connectivity index (χ1v) is 14.7. The summed E-state index contributed by atoms with van der Waals surface area (Å²) in [6.45, 7) is 3.05. The summed E-state index contributed by atoms with van der Waals surface area (Å²) in [6, 6.07) is 9.69. The summed E-state index contributed by atoms with van der Waals surface area (Å²) in [5, 5.41) is 45.2. The van der Waals surface area contributed by atoms with Gasteiger partial charge in [-0.15, -0.1) is 0 Å². The topological polar surface area (TPSA) is 211 Å². The van der Waals surface area contributed by atoms with Crippen LogP contribution in [0.25, 0.3) is 22.3 Å². The zero-order valence-corrected chi connectivity index (χ0v) is 25.9. The van der Waals surface area contributed by atoms with Crippen molar-refractivity contribution in [3.05, 3.63) is 70.1 Å². The van der Waals surface area contributed by atoms with E-state index in [2.05, 4.69) is 20.3 Å². The van der Waals surface area contributed by atoms with Gasteiger partial charge in [0.1, 0.15) is 17.8 Å². The van der Waals surface area contributed by atoms with Crippen molar-refractivity contribution in [2.45, 2.75) is 62.9 Å². The van der Waals surface area contributed by atoms with Crippen molar-refractivity contribution >= 4 is 40.5 Å². The van der Waals surface area contributed by atoms with Crippen LogP contribution >= 0.6 is 11.6 Å². The van der Waals surface area contributed by atoms with E-state index < -0.39 is 54.6 Å². The van der Waals surface area contributed by atoms with Crippen LogP contribution in [0.5, 0.6) is 0 Å². The summed E-state index contributed by atoms with van der Waals surface area (Å²) < 4.78 is 14.4. The largest absolute Gasteiger partial charge is 0.479 e. The van der Waals surface area contributed by atoms with E-state index in [1.807, 2.05) is 6.92 Å². The van der Waals surface area contributed by atoms with Gasteiger partial charge >= 0.3 is 11.9 Å². The standard InChI is InChI=1S/C30H33ClN6O9/c1-4-11-36-12-5-6-18(24(36)39)17-9-7-16(8-10-17)13-30(26(40)41,27(42)43)45-14-19-29(2,44)21(38)25(46-19)37-15-33-20-22(32-3)34-28(31)35-23(20)37/h5-10,12,15,19,21,25,38,44H,4,11,13-14H2,1-3H3,(H,40,41)(H,42,43)(H,32,34,35)/t19-,21+,25-,29-/m1/s1. The fourth-order valence-corrected chi connectivity index (χ4v) is 5.60. The molecule has 4 aromatic rings. The van der Waals surface area contributed by atoms with Gasteiger partial charge in [0, 0.05) is 31.8 Å². The SMILES string of the molecule is CCCn1cccc(-c2ccc(CC(OC[C@H]3O[C@@H](n4cnc5c(NC)nc(Cl)nc54)[C@H](O)[C@]3(C)O)(C(=O)O)C(=O)O)cc2)c1=O. The molecule has 1 fully saturated rings. The highest BCUT2D eigenvalue weighted by molar-refractivity contribution is 6.28. The fraction of sp³-hybridized carbons (Fsp3) is 0.400. The van der Waals surface area contributed by atoms with Crippen LogP contribution in [0.3, 0.4) is 0 Å². The number of anilines is 1. The van der Waals surface area contributed by atoms with Crippen molar-refractivity contribution in [1.82, 2.24) is 24.1 Å². The highest BCUT2D eigenvalue weighted by atomic mass is 35.5. The predicted molar refractivity (Wildman–Crippen MR) is 165 cm³/mol. The van der Waals surface area contributed by atoms with Gasteiger partial charge in [0.2, 0.25) is 5.28 Å². The van der Waals surface area contributed by atoms with Crippen molar-refractivity contribution in [3.8, 4) is 11.1 Å². The molecule has 1 aliphatic rings. The first-order chi connectivity index (χ1) is 21.8. The number of aromatic nitrogens is 5. The summed E-state index contributed by atoms with van der Waals surface area (Å²) in [7, 11) is 1.61. The Labute approximate surface area is 267 Å². The minimum absolute atomic E-state index is 0.115. The minimum Gasteiger partial charge on any atom is -0.479 e. The average molecular weight is 657 g/mol. The van der Waals surface area contributed by atoms with Gasteiger partial charge < -0.3 is 39.8 Å². The normalized spacial score (nSPS) is 21.5. The smallest absolute Gasteiger partial charge is 0.348 e. The number of carboxylic acid groups (broad SMARTS) is 2. The number of carbonyl (C=O) groups is 2. The maximum Gasteiger partial charge on any atom is 0.348 e. The van der Waals surface area contributed by atoms with Gasteiger partial charge in [-0.2, -0.15) is 9.97 Å². The quantitative estimate of drug-likeness (QED) is 0.109. The number of fused-ring (bicyclic) bond motifs is 1. The molecule has 1 aromatic carbocycles. The molecule has 0 radical (unpaired) electrons. The van der Waals surface area contributed by atoms with Crippen LogP contribution in [0.15, 0.2) is 53.7 Å². The van der Waals surface area contributed by atoms with Gasteiger partial charge in [-0.05, 0) is 48.2 Å². The number of rotatable bonds is 12. The molecule has 244 valence electrons. The lowest BCUT2D eigenvalue weighted by Crippen LogP contribution is -2.54. The molecule has 15 nitrogen and oxygen atoms in total. The van der Waals surface area contributed by atoms with E-state index in [4.69, 9.17) is 21.1 Å². The lowest BCUT2D eigenvalue weighted by atomic mass is 9.92. The molecule has 4 atom stereocenters. The van der Waals surface area contributed by atoms with Crippen molar-refractivity contribution < 1.29 is 39.5 Å². The first-order valence-electron chi connectivity index (χ1n) is 14.4. The second-order valence-electron chi connectivity index (χ2n) is 11.1. The molecule has 4 heterocycles. The van der Waals surface area contributed by atoms with Crippen molar-refractivity contribution in [2.24, 2.45) is 0 Å². The Morgan fingerprint density at radius 3 is 2.50 bits per heavy atom. The van der Waals surface area contributed by atoms with E-state index in [1.54, 1.807) is 42.1 Å². The zero-order valence-electron chi connectivity index (χ0n) is 25.1. The number of aryl methyl sites for hydroxylation is 1. The van der Waals surface area contributed by atoms with E-state index >= 15 is 0 Å². The van der Waals surface area contributed by atoms with Gasteiger partial charge in [0.05, 0.1) is 12.9 Å². The lowest BCUT2D eigenvalue weighted by Gasteiger charge is -2.30. The number of aliphatic hydroxyl groups is 2. The summed E-state index contributed by atoms with van der Waals surface area (Å²) in [5.41, 5.74) is -3.18. The third-order valence-corrected chi connectivity index (χ3v) is 8.27. The van der Waals surface area contributed by atoms with E-state index in [9.17, 15) is 34.8 Å². The summed E-state index contributed by atoms with van der Waals surface area (Å²) in [4.78, 5) is 50.3. The van der Waals surface area contributed by atoms with Gasteiger partial charge in [-0.1, -0.05) is 31.2 Å². The van der Waals surface area contributed by atoms with Crippen LogP contribution < -0.4 is 10.9 Å². The zero-order chi connectivity index (χ0) is 33.4. The summed E-state index contributed by atoms with van der Waals surface area (Å²) in [6.07, 6.45) is -1.07. The van der Waals surface area contributed by atoms with Gasteiger partial charge in [-0.3, -0.25) is 9.36 Å². The van der Waals surface area contributed by atoms with E-state index in [-0.39, 0.29) is 16.5 Å². The van der Waals surface area contributed by atoms with Crippen molar-refractivity contribution in [3.63, 3.8) is 0 Å². The van der Waals surface area contributed by atoms with Crippen LogP contribution in [0.4, 0.5) is 5.82 Å². The number of aliphatic carboxylic acids is 2. The Balaban J connectivity index is 1.38. The Bertz CT molecular complexity index is 1810. The number of aliphatic hydroxyl groups excluding tert-OH is 1. The fourth-order valence-electron chi connectivity index (χ4n) is 5.43. The molecule has 0 spiro atoms. The molecule has 5 rings (SSSR count). The number of benzene rings is 1. The van der Waals surface area contributed by atoms with Crippen LogP contribution in [0.2, 0.25) is 5.28 Å². The molecule has 16 heteroatoms. The second-order valence-corrected chi connectivity index (χ2v) is 11.5. The Morgan fingerprint density at radius 2 is 1.87 bits per heavy atom. The number of halogens is 1. The molecule has 0 saturated carbocycles. The Morgan fingerprint density at radius 1 is 1.17 bits per heavy atom. The maximum atomic E-state index is 12.9. The lowest BCUT2D eigenvalue weighted by molar-refractivity contribution is -0.192. The molecule has 3 aromatic heterocycles. The second kappa shape index (κ2) is 12.8.